The van der Waals surface area contributed by atoms with E-state index >= 15 is 0 Å². The maximum Gasteiger partial charge on any atom is 0.233 e. The third kappa shape index (κ3) is 3.96. The number of benzene rings is 1. The van der Waals surface area contributed by atoms with E-state index in [0.717, 1.165) is 25.7 Å². The first-order chi connectivity index (χ1) is 12.9. The molecule has 0 aromatic heterocycles. The summed E-state index contributed by atoms with van der Waals surface area (Å²) in [7, 11) is 1.39. The van der Waals surface area contributed by atoms with Crippen LogP contribution in [0.4, 0.5) is 4.39 Å². The molecule has 1 saturated carbocycles. The maximum atomic E-state index is 13.8. The predicted octanol–water partition coefficient (Wildman–Crippen LogP) is 2.58. The smallest absolute Gasteiger partial charge is 0.233 e. The molecule has 0 spiro atoms. The molecule has 6 nitrogen and oxygen atoms in total. The van der Waals surface area contributed by atoms with Crippen LogP contribution in [0.3, 0.4) is 0 Å². The lowest BCUT2D eigenvalue weighted by atomic mass is 9.81. The van der Waals surface area contributed by atoms with Crippen molar-refractivity contribution >= 4 is 17.7 Å². The number of nitrogens with zero attached hydrogens (tertiary/aromatic N) is 1. The van der Waals surface area contributed by atoms with E-state index in [4.69, 9.17) is 4.74 Å². The van der Waals surface area contributed by atoms with Crippen LogP contribution in [0.2, 0.25) is 0 Å². The lowest BCUT2D eigenvalue weighted by molar-refractivity contribution is -0.140. The summed E-state index contributed by atoms with van der Waals surface area (Å²) in [5.74, 6) is -1.30. The summed E-state index contributed by atoms with van der Waals surface area (Å²) in [5, 5.41) is 2.78. The Kier molecular flexibility index (Phi) is 5.77. The molecule has 1 saturated heterocycles. The molecule has 2 fully saturated rings. The molecule has 3 amide bonds. The van der Waals surface area contributed by atoms with Gasteiger partial charge in [-0.05, 0) is 37.5 Å². The standard InChI is InChI=1S/C20H25FN2O4/c1-12(13-7-8-17(27-2)16(21)11-13)22-18(24)9-10-23-19(25)14-5-3-4-6-15(14)20(23)26/h7-8,11-12,14-15H,3-6,9-10H2,1-2H3,(H,22,24)/t12-,14-,15-/m0/s1. The van der Waals surface area contributed by atoms with Crippen LogP contribution < -0.4 is 10.1 Å². The number of methoxy groups -OCH3 is 1. The highest BCUT2D eigenvalue weighted by Crippen LogP contribution is 2.38. The van der Waals surface area contributed by atoms with E-state index in [1.54, 1.807) is 13.0 Å². The lowest BCUT2D eigenvalue weighted by Crippen LogP contribution is -2.36. The SMILES string of the molecule is COc1ccc([C@H](C)NC(=O)CCN2C(=O)[C@H]3CCCC[C@@H]3C2=O)cc1F. The Bertz CT molecular complexity index is 727. The highest BCUT2D eigenvalue weighted by Gasteiger charge is 2.47. The number of hydrogen-bond donors (Lipinski definition) is 1. The molecule has 1 N–H and O–H groups in total. The summed E-state index contributed by atoms with van der Waals surface area (Å²) >= 11 is 0. The van der Waals surface area contributed by atoms with Crippen LogP contribution in [0.5, 0.6) is 5.75 Å². The Morgan fingerprint density at radius 1 is 1.26 bits per heavy atom. The molecule has 3 rings (SSSR count). The molecule has 2 aliphatic rings. The second-order valence-corrected chi connectivity index (χ2v) is 7.26. The lowest BCUT2D eigenvalue weighted by Gasteiger charge is -2.19. The first-order valence-corrected chi connectivity index (χ1v) is 9.40. The summed E-state index contributed by atoms with van der Waals surface area (Å²) in [4.78, 5) is 38.3. The molecular weight excluding hydrogens is 351 g/mol. The van der Waals surface area contributed by atoms with Gasteiger partial charge in [0.15, 0.2) is 11.6 Å². The number of imide groups is 1. The maximum absolute atomic E-state index is 13.8. The summed E-state index contributed by atoms with van der Waals surface area (Å²) in [6, 6.07) is 4.12. The molecule has 1 heterocycles. The van der Waals surface area contributed by atoms with Gasteiger partial charge in [0.05, 0.1) is 25.0 Å². The van der Waals surface area contributed by atoms with E-state index < -0.39 is 11.9 Å². The summed E-state index contributed by atoms with van der Waals surface area (Å²) in [6.07, 6.45) is 3.52. The van der Waals surface area contributed by atoms with Gasteiger partial charge < -0.3 is 10.1 Å². The first kappa shape index (κ1) is 19.3. The number of rotatable bonds is 6. The zero-order valence-electron chi connectivity index (χ0n) is 15.7. The van der Waals surface area contributed by atoms with Gasteiger partial charge in [0.2, 0.25) is 17.7 Å². The zero-order chi connectivity index (χ0) is 19.6. The summed E-state index contributed by atoms with van der Waals surface area (Å²) in [6.45, 7) is 1.85. The van der Waals surface area contributed by atoms with E-state index in [2.05, 4.69) is 5.32 Å². The number of fused-ring (bicyclic) bond motifs is 1. The fraction of sp³-hybridized carbons (Fsp3) is 0.550. The number of ether oxygens (including phenoxy) is 1. The van der Waals surface area contributed by atoms with Crippen molar-refractivity contribution in [3.8, 4) is 5.75 Å². The molecule has 146 valence electrons. The van der Waals surface area contributed by atoms with E-state index in [1.165, 1.54) is 24.1 Å². The minimum atomic E-state index is -0.494. The van der Waals surface area contributed by atoms with Crippen molar-refractivity contribution in [3.05, 3.63) is 29.6 Å². The van der Waals surface area contributed by atoms with Gasteiger partial charge in [-0.2, -0.15) is 0 Å². The van der Waals surface area contributed by atoms with Crippen LogP contribution in [0.25, 0.3) is 0 Å². The summed E-state index contributed by atoms with van der Waals surface area (Å²) < 4.78 is 18.7. The van der Waals surface area contributed by atoms with Crippen LogP contribution in [-0.2, 0) is 14.4 Å². The minimum Gasteiger partial charge on any atom is -0.494 e. The molecule has 1 aliphatic heterocycles. The van der Waals surface area contributed by atoms with Crippen molar-refractivity contribution in [1.82, 2.24) is 10.2 Å². The van der Waals surface area contributed by atoms with Gasteiger partial charge in [-0.25, -0.2) is 4.39 Å². The third-order valence-electron chi connectivity index (χ3n) is 5.55. The number of nitrogens with one attached hydrogen (secondary N) is 1. The Labute approximate surface area is 158 Å². The number of likely N-dealkylation sites (tertiary alicyclic amines) is 1. The molecule has 0 unspecified atom stereocenters. The van der Waals surface area contributed by atoms with Crippen molar-refractivity contribution in [3.63, 3.8) is 0 Å². The molecule has 1 aromatic rings. The van der Waals surface area contributed by atoms with E-state index in [-0.39, 0.29) is 48.3 Å². The van der Waals surface area contributed by atoms with Gasteiger partial charge in [0.25, 0.3) is 0 Å². The van der Waals surface area contributed by atoms with Crippen LogP contribution in [0.1, 0.15) is 50.6 Å². The topological polar surface area (TPSA) is 75.7 Å². The Morgan fingerprint density at radius 2 is 1.89 bits per heavy atom. The molecule has 7 heteroatoms. The monoisotopic (exact) mass is 376 g/mol. The van der Waals surface area contributed by atoms with Crippen molar-refractivity contribution in [1.29, 1.82) is 0 Å². The number of amides is 3. The quantitative estimate of drug-likeness (QED) is 0.775. The van der Waals surface area contributed by atoms with Crippen molar-refractivity contribution in [2.75, 3.05) is 13.7 Å². The summed E-state index contributed by atoms with van der Waals surface area (Å²) in [5.41, 5.74) is 0.612. The minimum absolute atomic E-state index is 0.0416. The van der Waals surface area contributed by atoms with Crippen LogP contribution in [0, 0.1) is 17.7 Å². The normalized spacial score (nSPS) is 23.1. The van der Waals surface area contributed by atoms with E-state index in [1.807, 2.05) is 0 Å². The van der Waals surface area contributed by atoms with Crippen LogP contribution >= 0.6 is 0 Å². The Balaban J connectivity index is 1.54. The average Bonchev–Trinajstić information content (AvgIpc) is 2.90. The van der Waals surface area contributed by atoms with Crippen molar-refractivity contribution < 1.29 is 23.5 Å². The number of halogens is 1. The highest BCUT2D eigenvalue weighted by atomic mass is 19.1. The van der Waals surface area contributed by atoms with E-state index in [9.17, 15) is 18.8 Å². The number of carbonyl (C=O) groups is 3. The number of carbonyl (C=O) groups excluding carboxylic acids is 3. The van der Waals surface area contributed by atoms with Gasteiger partial charge in [-0.15, -0.1) is 0 Å². The first-order valence-electron chi connectivity index (χ1n) is 9.40. The van der Waals surface area contributed by atoms with Gasteiger partial charge in [-0.1, -0.05) is 18.9 Å². The van der Waals surface area contributed by atoms with Gasteiger partial charge in [0, 0.05) is 13.0 Å². The molecule has 27 heavy (non-hydrogen) atoms. The fourth-order valence-corrected chi connectivity index (χ4v) is 4.01. The number of hydrogen-bond acceptors (Lipinski definition) is 4. The van der Waals surface area contributed by atoms with Crippen molar-refractivity contribution in [2.45, 2.75) is 45.1 Å². The van der Waals surface area contributed by atoms with Crippen molar-refractivity contribution in [2.24, 2.45) is 11.8 Å². The zero-order valence-corrected chi connectivity index (χ0v) is 15.7. The Hall–Kier alpha value is -2.44. The highest BCUT2D eigenvalue weighted by molar-refractivity contribution is 6.05. The molecule has 3 atom stereocenters. The van der Waals surface area contributed by atoms with Gasteiger partial charge in [0.1, 0.15) is 0 Å². The van der Waals surface area contributed by atoms with Gasteiger partial charge in [-0.3, -0.25) is 19.3 Å². The predicted molar refractivity (Wildman–Crippen MR) is 96.3 cm³/mol. The Morgan fingerprint density at radius 3 is 2.44 bits per heavy atom. The van der Waals surface area contributed by atoms with Crippen LogP contribution in [0.15, 0.2) is 18.2 Å². The van der Waals surface area contributed by atoms with Crippen LogP contribution in [-0.4, -0.2) is 36.3 Å². The van der Waals surface area contributed by atoms with E-state index in [0.29, 0.717) is 5.56 Å². The molecule has 0 radical (unpaired) electrons. The molecule has 0 bridgehead atoms. The van der Waals surface area contributed by atoms with Gasteiger partial charge >= 0.3 is 0 Å². The second kappa shape index (κ2) is 8.06. The third-order valence-corrected chi connectivity index (χ3v) is 5.55. The second-order valence-electron chi connectivity index (χ2n) is 7.26. The fourth-order valence-electron chi connectivity index (χ4n) is 4.01. The largest absolute Gasteiger partial charge is 0.494 e. The molecule has 1 aliphatic carbocycles. The molecule has 1 aromatic carbocycles. The molecular formula is C20H25FN2O4. The average molecular weight is 376 g/mol.